The summed E-state index contributed by atoms with van der Waals surface area (Å²) in [4.78, 5) is 12.3. The fraction of sp³-hybridized carbons (Fsp3) is 0.0435. The summed E-state index contributed by atoms with van der Waals surface area (Å²) in [6.07, 6.45) is 1.47. The number of carbonyl (C=O) groups excluding carboxylic acids is 1. The lowest BCUT2D eigenvalue weighted by Gasteiger charge is -2.06. The second kappa shape index (κ2) is 9.08. The summed E-state index contributed by atoms with van der Waals surface area (Å²) in [7, 11) is 0. The molecule has 0 fully saturated rings. The van der Waals surface area contributed by atoms with Gasteiger partial charge in [-0.3, -0.25) is 0 Å². The van der Waals surface area contributed by atoms with Crippen molar-refractivity contribution >= 4 is 28.5 Å². The first-order valence-electron chi connectivity index (χ1n) is 8.64. The molecule has 5 nitrogen and oxygen atoms in total. The highest BCUT2D eigenvalue weighted by Gasteiger charge is 2.20. The molecule has 0 radical (unpaired) electrons. The van der Waals surface area contributed by atoms with E-state index in [1.165, 1.54) is 18.5 Å². The molecule has 4 aromatic rings. The number of esters is 1. The Kier molecular flexibility index (Phi) is 6.32. The van der Waals surface area contributed by atoms with Crippen LogP contribution in [0.15, 0.2) is 83.3 Å². The molecule has 0 spiro atoms. The van der Waals surface area contributed by atoms with Gasteiger partial charge in [0.15, 0.2) is 5.75 Å². The maximum Gasteiger partial charge on any atom is 0.368 e. The van der Waals surface area contributed by atoms with Crippen LogP contribution in [0.25, 0.3) is 22.3 Å². The number of aromatic hydroxyl groups is 2. The Morgan fingerprint density at radius 2 is 1.55 bits per heavy atom. The number of fused-ring (bicyclic) bond motifs is 1. The molecule has 0 atom stereocenters. The molecule has 0 unspecified atom stereocenters. The first-order valence-corrected chi connectivity index (χ1v) is 9.40. The van der Waals surface area contributed by atoms with Gasteiger partial charge in [0, 0.05) is 18.5 Å². The quantitative estimate of drug-likeness (QED) is 0.191. The third-order valence-corrected chi connectivity index (χ3v) is 4.07. The van der Waals surface area contributed by atoms with Crippen LogP contribution in [0.2, 0.25) is 0 Å². The minimum absolute atomic E-state index is 0.0787. The van der Waals surface area contributed by atoms with E-state index in [1.54, 1.807) is 60.7 Å². The minimum Gasteiger partial charge on any atom is -0.508 e. The molecule has 0 aliphatic rings. The average Bonchev–Trinajstić information content (AvgIpc) is 2.75. The fourth-order valence-corrected chi connectivity index (χ4v) is 2.75. The van der Waals surface area contributed by atoms with Gasteiger partial charge >= 0.3 is 17.3 Å². The number of hydrogen-bond donors (Lipinski definition) is 2. The summed E-state index contributed by atoms with van der Waals surface area (Å²) >= 11 is 4.64. The maximum atomic E-state index is 12.3. The van der Waals surface area contributed by atoms with Crippen molar-refractivity contribution in [1.82, 2.24) is 0 Å². The summed E-state index contributed by atoms with van der Waals surface area (Å²) in [5.41, 5.74) is 1.55. The van der Waals surface area contributed by atoms with Crippen molar-refractivity contribution in [2.24, 2.45) is 0 Å². The predicted octanol–water partition coefficient (Wildman–Crippen LogP) is 5.87. The van der Waals surface area contributed by atoms with E-state index < -0.39 is 5.97 Å². The summed E-state index contributed by atoms with van der Waals surface area (Å²) in [5, 5.41) is 20.0. The van der Waals surface area contributed by atoms with Crippen molar-refractivity contribution in [2.75, 3.05) is 6.38 Å². The van der Waals surface area contributed by atoms with Crippen LogP contribution in [0, 0.1) is 0 Å². The SMILES string of the molecule is CCl.O=C(Oc1cc(O)cc2[o+]c(-c3ccc(O)cc3)ccc12)c1ccccc1. The molecule has 1 aromatic heterocycles. The van der Waals surface area contributed by atoms with Gasteiger partial charge in [-0.05, 0) is 42.5 Å². The van der Waals surface area contributed by atoms with E-state index in [-0.39, 0.29) is 17.2 Å². The number of benzene rings is 3. The molecule has 0 aliphatic carbocycles. The van der Waals surface area contributed by atoms with E-state index in [0.29, 0.717) is 22.3 Å². The highest BCUT2D eigenvalue weighted by atomic mass is 35.5. The zero-order chi connectivity index (χ0) is 20.8. The first-order chi connectivity index (χ1) is 14.1. The number of alkyl halides is 1. The normalized spacial score (nSPS) is 10.1. The zero-order valence-electron chi connectivity index (χ0n) is 15.5. The van der Waals surface area contributed by atoms with Crippen LogP contribution in [0.5, 0.6) is 17.2 Å². The van der Waals surface area contributed by atoms with Gasteiger partial charge in [-0.15, -0.1) is 11.6 Å². The molecule has 4 rings (SSSR count). The molecule has 29 heavy (non-hydrogen) atoms. The van der Waals surface area contributed by atoms with E-state index in [9.17, 15) is 15.0 Å². The molecule has 3 aromatic carbocycles. The number of phenolic OH excluding ortho intramolecular Hbond substituents is 2. The maximum absolute atomic E-state index is 12.3. The van der Waals surface area contributed by atoms with E-state index in [0.717, 1.165) is 5.56 Å². The van der Waals surface area contributed by atoms with Gasteiger partial charge in [0.25, 0.3) is 0 Å². The highest BCUT2D eigenvalue weighted by Crippen LogP contribution is 2.34. The first kappa shape index (κ1) is 20.2. The second-order valence-electron chi connectivity index (χ2n) is 5.96. The number of hydrogen-bond acceptors (Lipinski definition) is 4. The molecular formula is C23H18ClO5+. The van der Waals surface area contributed by atoms with E-state index >= 15 is 0 Å². The summed E-state index contributed by atoms with van der Waals surface area (Å²) < 4.78 is 11.3. The third-order valence-electron chi connectivity index (χ3n) is 4.07. The lowest BCUT2D eigenvalue weighted by atomic mass is 10.1. The van der Waals surface area contributed by atoms with Gasteiger partial charge in [-0.2, -0.15) is 0 Å². The molecule has 2 N–H and O–H groups in total. The summed E-state index contributed by atoms with van der Waals surface area (Å²) in [6, 6.07) is 21.5. The van der Waals surface area contributed by atoms with Crippen LogP contribution in [-0.2, 0) is 0 Å². The standard InChI is InChI=1S/C22H14O5.CH3Cl/c23-16-8-6-14(7-9-16)19-11-10-18-20(26-19)12-17(24)13-21(18)27-22(25)15-4-2-1-3-5-15;1-2/h1-13H,(H-,23,24);1H3/p+1. The topological polar surface area (TPSA) is 78.1 Å². The van der Waals surface area contributed by atoms with Crippen molar-refractivity contribution in [2.45, 2.75) is 0 Å². The molecule has 0 aliphatic heterocycles. The number of carbonyl (C=O) groups is 1. The summed E-state index contributed by atoms with van der Waals surface area (Å²) in [6.45, 7) is 0. The van der Waals surface area contributed by atoms with E-state index in [2.05, 4.69) is 11.6 Å². The Bertz CT molecular complexity index is 1130. The predicted molar refractivity (Wildman–Crippen MR) is 113 cm³/mol. The van der Waals surface area contributed by atoms with Gasteiger partial charge in [0.05, 0.1) is 17.2 Å². The van der Waals surface area contributed by atoms with Crippen LogP contribution < -0.4 is 4.74 Å². The van der Waals surface area contributed by atoms with Gasteiger partial charge in [-0.1, -0.05) is 18.2 Å². The van der Waals surface area contributed by atoms with Crippen molar-refractivity contribution in [1.29, 1.82) is 0 Å². The van der Waals surface area contributed by atoms with Crippen molar-refractivity contribution in [3.05, 3.63) is 84.4 Å². The molecular weight excluding hydrogens is 392 g/mol. The lowest BCUT2D eigenvalue weighted by Crippen LogP contribution is -2.08. The van der Waals surface area contributed by atoms with Gasteiger partial charge in [0.2, 0.25) is 0 Å². The Hall–Kier alpha value is -3.57. The Morgan fingerprint density at radius 1 is 0.862 bits per heavy atom. The minimum atomic E-state index is -0.523. The van der Waals surface area contributed by atoms with Gasteiger partial charge < -0.3 is 14.9 Å². The average molecular weight is 410 g/mol. The zero-order valence-corrected chi connectivity index (χ0v) is 16.3. The molecule has 0 saturated carbocycles. The monoisotopic (exact) mass is 409 g/mol. The van der Waals surface area contributed by atoms with Crippen LogP contribution >= 0.6 is 11.6 Å². The second-order valence-corrected chi connectivity index (χ2v) is 5.96. The summed E-state index contributed by atoms with van der Waals surface area (Å²) in [5.74, 6) is 0.315. The Morgan fingerprint density at radius 3 is 2.24 bits per heavy atom. The van der Waals surface area contributed by atoms with Crippen LogP contribution in [-0.4, -0.2) is 22.6 Å². The Labute approximate surface area is 172 Å². The van der Waals surface area contributed by atoms with Crippen LogP contribution in [0.1, 0.15) is 10.4 Å². The molecule has 1 heterocycles. The fourth-order valence-electron chi connectivity index (χ4n) is 2.75. The van der Waals surface area contributed by atoms with E-state index in [1.807, 2.05) is 6.07 Å². The van der Waals surface area contributed by atoms with Crippen molar-refractivity contribution < 1.29 is 24.2 Å². The molecule has 0 saturated heterocycles. The number of phenols is 2. The largest absolute Gasteiger partial charge is 0.508 e. The third kappa shape index (κ3) is 4.65. The number of ether oxygens (including phenoxy) is 1. The van der Waals surface area contributed by atoms with E-state index in [4.69, 9.17) is 9.15 Å². The highest BCUT2D eigenvalue weighted by molar-refractivity contribution is 6.15. The lowest BCUT2D eigenvalue weighted by molar-refractivity contribution is 0.0737. The van der Waals surface area contributed by atoms with Crippen molar-refractivity contribution in [3.63, 3.8) is 0 Å². The number of halogens is 1. The molecule has 6 heteroatoms. The number of rotatable bonds is 3. The van der Waals surface area contributed by atoms with Crippen LogP contribution in [0.3, 0.4) is 0 Å². The molecule has 146 valence electrons. The smallest absolute Gasteiger partial charge is 0.368 e. The molecule has 0 bridgehead atoms. The van der Waals surface area contributed by atoms with Gasteiger partial charge in [-0.25, -0.2) is 9.21 Å². The van der Waals surface area contributed by atoms with Gasteiger partial charge in [0.1, 0.15) is 16.9 Å². The van der Waals surface area contributed by atoms with Crippen LogP contribution in [0.4, 0.5) is 0 Å². The van der Waals surface area contributed by atoms with Crippen molar-refractivity contribution in [3.8, 4) is 28.6 Å². The molecule has 0 amide bonds. The Balaban J connectivity index is 0.00000117.